The summed E-state index contributed by atoms with van der Waals surface area (Å²) in [5.74, 6) is -0.583. The van der Waals surface area contributed by atoms with E-state index < -0.39 is 29.5 Å². The molecule has 0 aliphatic carbocycles. The lowest BCUT2D eigenvalue weighted by molar-refractivity contribution is -0.153. The summed E-state index contributed by atoms with van der Waals surface area (Å²) >= 11 is -1.89. The normalized spacial score (nSPS) is 31.7. The van der Waals surface area contributed by atoms with Gasteiger partial charge in [0.1, 0.15) is 6.10 Å². The molecule has 0 N–H and O–H groups in total. The third kappa shape index (κ3) is 2.74. The first-order chi connectivity index (χ1) is 6.69. The average Bonchev–Trinajstić information content (AvgIpc) is 2.48. The molecule has 7 heteroatoms. The minimum Gasteiger partial charge on any atom is -0.464 e. The van der Waals surface area contributed by atoms with Crippen molar-refractivity contribution in [2.45, 2.75) is 19.1 Å². The second-order valence-corrected chi connectivity index (χ2v) is 3.36. The van der Waals surface area contributed by atoms with E-state index in [2.05, 4.69) is 0 Å². The predicted octanol–water partition coefficient (Wildman–Crippen LogP) is -0.441. The molecule has 0 aromatic carbocycles. The van der Waals surface area contributed by atoms with Gasteiger partial charge in [-0.3, -0.25) is 8.37 Å². The van der Waals surface area contributed by atoms with Crippen molar-refractivity contribution in [2.75, 3.05) is 20.3 Å². The third-order valence-corrected chi connectivity index (χ3v) is 2.34. The minimum atomic E-state index is -1.89. The van der Waals surface area contributed by atoms with Crippen molar-refractivity contribution in [3.05, 3.63) is 0 Å². The topological polar surface area (TPSA) is 71.1 Å². The van der Waals surface area contributed by atoms with Crippen LogP contribution < -0.4 is 0 Å². The molecule has 0 saturated carbocycles. The molecule has 1 unspecified atom stereocenters. The number of methoxy groups -OCH3 is 1. The van der Waals surface area contributed by atoms with Crippen molar-refractivity contribution in [2.24, 2.45) is 0 Å². The summed E-state index contributed by atoms with van der Waals surface area (Å²) in [6.07, 6.45) is -1.63. The molecule has 0 aromatic rings. The Bertz CT molecular complexity index is 230. The van der Waals surface area contributed by atoms with Crippen molar-refractivity contribution in [3.63, 3.8) is 0 Å². The molecule has 6 nitrogen and oxygen atoms in total. The van der Waals surface area contributed by atoms with Gasteiger partial charge in [0, 0.05) is 7.11 Å². The zero-order chi connectivity index (χ0) is 10.6. The largest absolute Gasteiger partial charge is 0.464 e. The number of carbonyl (C=O) groups excluding carboxylic acids is 1. The van der Waals surface area contributed by atoms with E-state index in [0.717, 1.165) is 0 Å². The number of ether oxygens (including phenoxy) is 2. The number of esters is 1. The lowest BCUT2D eigenvalue weighted by Gasteiger charge is -2.12. The fraction of sp³-hybridized carbons (Fsp3) is 0.857. The first-order valence-electron chi connectivity index (χ1n) is 4.10. The van der Waals surface area contributed by atoms with Crippen LogP contribution in [-0.4, -0.2) is 42.7 Å². The lowest BCUT2D eigenvalue weighted by Crippen LogP contribution is -2.35. The number of rotatable bonds is 4. The van der Waals surface area contributed by atoms with Crippen molar-refractivity contribution in [3.8, 4) is 0 Å². The van der Waals surface area contributed by atoms with Crippen LogP contribution in [0.15, 0.2) is 0 Å². The molecular formula is C7H12O6S. The Labute approximate surface area is 84.3 Å². The Hall–Kier alpha value is -0.500. The summed E-state index contributed by atoms with van der Waals surface area (Å²) in [5, 5.41) is 0. The van der Waals surface area contributed by atoms with Gasteiger partial charge in [-0.2, -0.15) is 4.21 Å². The second-order valence-electron chi connectivity index (χ2n) is 2.56. The van der Waals surface area contributed by atoms with Gasteiger partial charge in [-0.15, -0.1) is 0 Å². The fourth-order valence-electron chi connectivity index (χ4n) is 1.02. The second kappa shape index (κ2) is 5.40. The summed E-state index contributed by atoms with van der Waals surface area (Å²) in [4.78, 5) is 11.3. The molecule has 1 fully saturated rings. The summed E-state index contributed by atoms with van der Waals surface area (Å²) in [6.45, 7) is 2.05. The SMILES string of the molecule is CCOC(=O)[C@H]1OS(=O)O[C@@H]1COC. The maximum absolute atomic E-state index is 11.3. The van der Waals surface area contributed by atoms with E-state index in [9.17, 15) is 9.00 Å². The monoisotopic (exact) mass is 224 g/mol. The van der Waals surface area contributed by atoms with E-state index in [1.807, 2.05) is 0 Å². The fourth-order valence-corrected chi connectivity index (χ4v) is 1.79. The van der Waals surface area contributed by atoms with E-state index in [0.29, 0.717) is 0 Å². The van der Waals surface area contributed by atoms with E-state index in [4.69, 9.17) is 17.8 Å². The van der Waals surface area contributed by atoms with Gasteiger partial charge >= 0.3 is 17.3 Å². The van der Waals surface area contributed by atoms with Gasteiger partial charge < -0.3 is 9.47 Å². The molecule has 3 atom stereocenters. The highest BCUT2D eigenvalue weighted by molar-refractivity contribution is 7.75. The van der Waals surface area contributed by atoms with E-state index >= 15 is 0 Å². The van der Waals surface area contributed by atoms with Crippen LogP contribution in [-0.2, 0) is 34.0 Å². The first kappa shape index (κ1) is 11.6. The van der Waals surface area contributed by atoms with Crippen molar-refractivity contribution in [1.82, 2.24) is 0 Å². The quantitative estimate of drug-likeness (QED) is 0.603. The molecule has 82 valence electrons. The molecule has 0 spiro atoms. The van der Waals surface area contributed by atoms with Crippen LogP contribution in [0.5, 0.6) is 0 Å². The molecule has 1 rings (SSSR count). The summed E-state index contributed by atoms with van der Waals surface area (Å²) in [5.41, 5.74) is 0. The van der Waals surface area contributed by atoms with E-state index in [1.165, 1.54) is 7.11 Å². The van der Waals surface area contributed by atoms with Crippen molar-refractivity contribution in [1.29, 1.82) is 0 Å². The van der Waals surface area contributed by atoms with Crippen LogP contribution in [0.4, 0.5) is 0 Å². The number of carbonyl (C=O) groups is 1. The van der Waals surface area contributed by atoms with Crippen molar-refractivity contribution >= 4 is 17.3 Å². The van der Waals surface area contributed by atoms with Crippen LogP contribution in [0.25, 0.3) is 0 Å². The molecule has 0 amide bonds. The molecule has 1 heterocycles. The maximum Gasteiger partial charge on any atom is 0.339 e. The number of hydrogen-bond acceptors (Lipinski definition) is 6. The third-order valence-electron chi connectivity index (χ3n) is 1.57. The molecule has 0 radical (unpaired) electrons. The Balaban J connectivity index is 2.56. The average molecular weight is 224 g/mol. The van der Waals surface area contributed by atoms with Crippen LogP contribution in [0, 0.1) is 0 Å². The van der Waals surface area contributed by atoms with Crippen LogP contribution in [0.1, 0.15) is 6.92 Å². The van der Waals surface area contributed by atoms with Crippen LogP contribution in [0.3, 0.4) is 0 Å². The standard InChI is InChI=1S/C7H12O6S/c1-3-11-7(8)6-5(4-10-2)12-14(9)13-6/h5-6H,3-4H2,1-2H3/t5-,6+,14?/m1/s1. The molecular weight excluding hydrogens is 212 g/mol. The highest BCUT2D eigenvalue weighted by atomic mass is 32.2. The van der Waals surface area contributed by atoms with E-state index in [1.54, 1.807) is 6.92 Å². The van der Waals surface area contributed by atoms with Gasteiger partial charge in [0.2, 0.25) is 6.10 Å². The van der Waals surface area contributed by atoms with E-state index in [-0.39, 0.29) is 13.2 Å². The molecule has 1 aliphatic heterocycles. The summed E-state index contributed by atoms with van der Waals surface area (Å²) in [7, 11) is 1.45. The first-order valence-corrected chi connectivity index (χ1v) is 5.10. The lowest BCUT2D eigenvalue weighted by atomic mass is 10.2. The molecule has 0 bridgehead atoms. The van der Waals surface area contributed by atoms with Gasteiger partial charge in [0.05, 0.1) is 13.2 Å². The van der Waals surface area contributed by atoms with Gasteiger partial charge in [-0.05, 0) is 6.92 Å². The highest BCUT2D eigenvalue weighted by Gasteiger charge is 2.41. The van der Waals surface area contributed by atoms with Gasteiger partial charge in [-0.1, -0.05) is 0 Å². The zero-order valence-corrected chi connectivity index (χ0v) is 8.74. The molecule has 0 aromatic heterocycles. The smallest absolute Gasteiger partial charge is 0.339 e. The molecule has 1 saturated heterocycles. The highest BCUT2D eigenvalue weighted by Crippen LogP contribution is 2.18. The summed E-state index contributed by atoms with van der Waals surface area (Å²) < 4.78 is 29.9. The van der Waals surface area contributed by atoms with Crippen LogP contribution >= 0.6 is 0 Å². The van der Waals surface area contributed by atoms with Crippen molar-refractivity contribution < 1.29 is 26.8 Å². The van der Waals surface area contributed by atoms with Crippen LogP contribution in [0.2, 0.25) is 0 Å². The zero-order valence-electron chi connectivity index (χ0n) is 7.93. The Morgan fingerprint density at radius 2 is 2.21 bits per heavy atom. The van der Waals surface area contributed by atoms with Gasteiger partial charge in [0.15, 0.2) is 0 Å². The van der Waals surface area contributed by atoms with Gasteiger partial charge in [0.25, 0.3) is 0 Å². The summed E-state index contributed by atoms with van der Waals surface area (Å²) in [6, 6.07) is 0. The molecule has 1 aliphatic rings. The predicted molar refractivity (Wildman–Crippen MR) is 46.4 cm³/mol. The maximum atomic E-state index is 11.3. The molecule has 14 heavy (non-hydrogen) atoms. The Morgan fingerprint density at radius 3 is 2.79 bits per heavy atom. The Morgan fingerprint density at radius 1 is 1.50 bits per heavy atom. The Kier molecular flexibility index (Phi) is 4.46. The number of hydrogen-bond donors (Lipinski definition) is 0. The minimum absolute atomic E-state index is 0.134. The van der Waals surface area contributed by atoms with Gasteiger partial charge in [-0.25, -0.2) is 4.79 Å².